The van der Waals surface area contributed by atoms with E-state index < -0.39 is 0 Å². The van der Waals surface area contributed by atoms with Crippen LogP contribution in [0.3, 0.4) is 0 Å². The Labute approximate surface area is 112 Å². The average molecular weight is 248 g/mol. The lowest BCUT2D eigenvalue weighted by atomic mass is 10.1. The zero-order valence-corrected chi connectivity index (χ0v) is 12.3. The Bertz CT molecular complexity index is 325. The van der Waals surface area contributed by atoms with Gasteiger partial charge >= 0.3 is 0 Å². The van der Waals surface area contributed by atoms with Crippen LogP contribution in [0.25, 0.3) is 0 Å². The van der Waals surface area contributed by atoms with Crippen molar-refractivity contribution in [3.63, 3.8) is 0 Å². The molecule has 2 heteroatoms. The number of anilines is 1. The smallest absolute Gasteiger partial charge is 0.0314 e. The fourth-order valence-electron chi connectivity index (χ4n) is 2.47. The largest absolute Gasteiger partial charge is 0.399 e. The van der Waals surface area contributed by atoms with Crippen LogP contribution in [0.4, 0.5) is 5.69 Å². The summed E-state index contributed by atoms with van der Waals surface area (Å²) >= 11 is 0. The van der Waals surface area contributed by atoms with Gasteiger partial charge in [-0.3, -0.25) is 4.90 Å². The minimum absolute atomic E-state index is 0.685. The highest BCUT2D eigenvalue weighted by molar-refractivity contribution is 5.39. The number of hydrogen-bond donors (Lipinski definition) is 1. The van der Waals surface area contributed by atoms with Gasteiger partial charge in [-0.2, -0.15) is 0 Å². The highest BCUT2D eigenvalue weighted by Crippen LogP contribution is 2.16. The minimum atomic E-state index is 0.685. The molecule has 0 unspecified atom stereocenters. The van der Waals surface area contributed by atoms with Crippen molar-refractivity contribution in [2.24, 2.45) is 5.92 Å². The van der Waals surface area contributed by atoms with Crippen LogP contribution in [-0.4, -0.2) is 17.5 Å². The predicted octanol–water partition coefficient (Wildman–Crippen LogP) is 3.92. The molecule has 2 nitrogen and oxygen atoms in total. The topological polar surface area (TPSA) is 29.3 Å². The predicted molar refractivity (Wildman–Crippen MR) is 80.5 cm³/mol. The first-order valence-corrected chi connectivity index (χ1v) is 7.15. The van der Waals surface area contributed by atoms with Gasteiger partial charge < -0.3 is 5.73 Å². The molecular formula is C16H28N2. The van der Waals surface area contributed by atoms with Crippen molar-refractivity contribution in [1.29, 1.82) is 0 Å². The van der Waals surface area contributed by atoms with E-state index in [2.05, 4.69) is 44.7 Å². The number of benzene rings is 1. The van der Waals surface area contributed by atoms with Crippen molar-refractivity contribution >= 4 is 5.69 Å². The molecule has 0 amide bonds. The van der Waals surface area contributed by atoms with E-state index in [0.29, 0.717) is 12.0 Å². The molecule has 102 valence electrons. The summed E-state index contributed by atoms with van der Waals surface area (Å²) in [6, 6.07) is 8.96. The van der Waals surface area contributed by atoms with E-state index in [9.17, 15) is 0 Å². The monoisotopic (exact) mass is 248 g/mol. The Kier molecular flexibility index (Phi) is 6.20. The lowest BCUT2D eigenvalue weighted by Crippen LogP contribution is -2.36. The van der Waals surface area contributed by atoms with Crippen LogP contribution < -0.4 is 5.73 Å². The first-order valence-electron chi connectivity index (χ1n) is 7.15. The van der Waals surface area contributed by atoms with Crippen LogP contribution in [0, 0.1) is 5.92 Å². The SMILES string of the molecule is CCC(CC)N(Cc1ccc(N)cc1)CC(C)C. The van der Waals surface area contributed by atoms with Crippen molar-refractivity contribution in [2.75, 3.05) is 12.3 Å². The molecule has 0 aliphatic rings. The summed E-state index contributed by atoms with van der Waals surface area (Å²) in [4.78, 5) is 2.61. The number of rotatable bonds is 7. The second kappa shape index (κ2) is 7.42. The molecule has 0 aliphatic heterocycles. The summed E-state index contributed by atoms with van der Waals surface area (Å²) in [5.41, 5.74) is 7.94. The molecule has 2 N–H and O–H groups in total. The summed E-state index contributed by atoms with van der Waals surface area (Å²) in [6.45, 7) is 11.3. The maximum absolute atomic E-state index is 5.74. The van der Waals surface area contributed by atoms with E-state index >= 15 is 0 Å². The lowest BCUT2D eigenvalue weighted by molar-refractivity contribution is 0.157. The van der Waals surface area contributed by atoms with Crippen molar-refractivity contribution in [3.05, 3.63) is 29.8 Å². The molecule has 0 saturated carbocycles. The van der Waals surface area contributed by atoms with E-state index in [1.807, 2.05) is 12.1 Å². The molecule has 1 aromatic carbocycles. The Hall–Kier alpha value is -1.02. The number of nitrogens with zero attached hydrogens (tertiary/aromatic N) is 1. The number of nitrogen functional groups attached to an aromatic ring is 1. The highest BCUT2D eigenvalue weighted by Gasteiger charge is 2.16. The van der Waals surface area contributed by atoms with Crippen molar-refractivity contribution in [2.45, 2.75) is 53.1 Å². The van der Waals surface area contributed by atoms with Crippen LogP contribution in [-0.2, 0) is 6.54 Å². The normalized spacial score (nSPS) is 11.7. The molecule has 1 rings (SSSR count). The van der Waals surface area contributed by atoms with Gasteiger partial charge in [-0.1, -0.05) is 39.8 Å². The first-order chi connectivity index (χ1) is 8.56. The maximum atomic E-state index is 5.74. The summed E-state index contributed by atoms with van der Waals surface area (Å²) in [5.74, 6) is 0.708. The van der Waals surface area contributed by atoms with Gasteiger partial charge in [-0.05, 0) is 36.5 Å². The highest BCUT2D eigenvalue weighted by atomic mass is 15.2. The van der Waals surface area contributed by atoms with Gasteiger partial charge in [0.2, 0.25) is 0 Å². The van der Waals surface area contributed by atoms with Crippen LogP contribution in [0.2, 0.25) is 0 Å². The van der Waals surface area contributed by atoms with Crippen molar-refractivity contribution < 1.29 is 0 Å². The van der Waals surface area contributed by atoms with Gasteiger partial charge in [-0.15, -0.1) is 0 Å². The molecule has 0 aromatic heterocycles. The quantitative estimate of drug-likeness (QED) is 0.741. The van der Waals surface area contributed by atoms with Crippen molar-refractivity contribution in [3.8, 4) is 0 Å². The molecule has 18 heavy (non-hydrogen) atoms. The zero-order valence-electron chi connectivity index (χ0n) is 12.3. The lowest BCUT2D eigenvalue weighted by Gasteiger charge is -2.32. The van der Waals surface area contributed by atoms with Gasteiger partial charge in [0.05, 0.1) is 0 Å². The van der Waals surface area contributed by atoms with Gasteiger partial charge in [0, 0.05) is 24.8 Å². The van der Waals surface area contributed by atoms with Gasteiger partial charge in [0.25, 0.3) is 0 Å². The van der Waals surface area contributed by atoms with Crippen LogP contribution >= 0.6 is 0 Å². The molecule has 0 spiro atoms. The number of hydrogen-bond acceptors (Lipinski definition) is 2. The summed E-state index contributed by atoms with van der Waals surface area (Å²) in [5, 5.41) is 0. The van der Waals surface area contributed by atoms with Crippen LogP contribution in [0.5, 0.6) is 0 Å². The number of nitrogens with two attached hydrogens (primary N) is 1. The maximum Gasteiger partial charge on any atom is 0.0314 e. The standard InChI is InChI=1S/C16H28N2/c1-5-16(6-2)18(11-13(3)4)12-14-7-9-15(17)10-8-14/h7-10,13,16H,5-6,11-12,17H2,1-4H3. The summed E-state index contributed by atoms with van der Waals surface area (Å²) < 4.78 is 0. The van der Waals surface area contributed by atoms with E-state index in [4.69, 9.17) is 5.73 Å². The molecule has 1 aromatic rings. The third-order valence-corrected chi connectivity index (χ3v) is 3.42. The Morgan fingerprint density at radius 2 is 1.61 bits per heavy atom. The third-order valence-electron chi connectivity index (χ3n) is 3.42. The van der Waals surface area contributed by atoms with E-state index in [0.717, 1.165) is 18.8 Å². The second-order valence-electron chi connectivity index (χ2n) is 5.54. The van der Waals surface area contributed by atoms with Crippen molar-refractivity contribution in [1.82, 2.24) is 4.90 Å². The molecule has 0 radical (unpaired) electrons. The molecule has 0 atom stereocenters. The fourth-order valence-corrected chi connectivity index (χ4v) is 2.47. The minimum Gasteiger partial charge on any atom is -0.399 e. The Morgan fingerprint density at radius 1 is 1.06 bits per heavy atom. The van der Waals surface area contributed by atoms with Crippen LogP contribution in [0.1, 0.15) is 46.1 Å². The average Bonchev–Trinajstić information content (AvgIpc) is 2.33. The van der Waals surface area contributed by atoms with E-state index in [1.54, 1.807) is 0 Å². The molecule has 0 fully saturated rings. The van der Waals surface area contributed by atoms with Crippen LogP contribution in [0.15, 0.2) is 24.3 Å². The van der Waals surface area contributed by atoms with E-state index in [-0.39, 0.29) is 0 Å². The summed E-state index contributed by atoms with van der Waals surface area (Å²) in [7, 11) is 0. The molecule has 0 bridgehead atoms. The van der Waals surface area contributed by atoms with E-state index in [1.165, 1.54) is 18.4 Å². The first kappa shape index (κ1) is 15.0. The second-order valence-corrected chi connectivity index (χ2v) is 5.54. The Balaban J connectivity index is 2.73. The van der Waals surface area contributed by atoms with Gasteiger partial charge in [0.15, 0.2) is 0 Å². The third kappa shape index (κ3) is 4.69. The summed E-state index contributed by atoms with van der Waals surface area (Å²) in [6.07, 6.45) is 2.44. The fraction of sp³-hybridized carbons (Fsp3) is 0.625. The zero-order chi connectivity index (χ0) is 13.5. The van der Waals surface area contributed by atoms with Gasteiger partial charge in [0.1, 0.15) is 0 Å². The molecular weight excluding hydrogens is 220 g/mol. The molecule has 0 saturated heterocycles. The molecule has 0 aliphatic carbocycles. The van der Waals surface area contributed by atoms with Gasteiger partial charge in [-0.25, -0.2) is 0 Å². The molecule has 0 heterocycles. The Morgan fingerprint density at radius 3 is 2.06 bits per heavy atom.